The van der Waals surface area contributed by atoms with Crippen LogP contribution in [0.2, 0.25) is 10.0 Å². The minimum atomic E-state index is -1.04. The summed E-state index contributed by atoms with van der Waals surface area (Å²) in [5.41, 5.74) is 8.67. The van der Waals surface area contributed by atoms with E-state index in [1.165, 1.54) is 0 Å². The molecule has 1 aliphatic heterocycles. The second kappa shape index (κ2) is 12.8. The van der Waals surface area contributed by atoms with E-state index in [2.05, 4.69) is 11.5 Å². The number of halogens is 2. The van der Waals surface area contributed by atoms with Gasteiger partial charge in [-0.1, -0.05) is 53.5 Å². The van der Waals surface area contributed by atoms with Crippen LogP contribution in [0.1, 0.15) is 68.3 Å². The van der Waals surface area contributed by atoms with Gasteiger partial charge in [-0.05, 0) is 99.9 Å². The lowest BCUT2D eigenvalue weighted by molar-refractivity contribution is 0.0698. The zero-order chi connectivity index (χ0) is 35.6. The average Bonchev–Trinajstić information content (AvgIpc) is 3.55. The van der Waals surface area contributed by atoms with E-state index in [1.54, 1.807) is 17.0 Å². The maximum absolute atomic E-state index is 15.0. The molecule has 0 bridgehead atoms. The number of hydrogen-bond donors (Lipinski definition) is 1. The molecule has 1 N–H and O–H groups in total. The van der Waals surface area contributed by atoms with Gasteiger partial charge in [-0.2, -0.15) is 5.10 Å². The molecule has 0 spiro atoms. The molecule has 3 heterocycles. The fraction of sp³-hybridized carbons (Fsp3) is 0.275. The summed E-state index contributed by atoms with van der Waals surface area (Å²) in [6, 6.07) is 18.4. The average molecular weight is 710 g/mol. The van der Waals surface area contributed by atoms with Crippen LogP contribution in [-0.2, 0) is 13.5 Å². The molecule has 1 aliphatic rings. The third kappa shape index (κ3) is 5.42. The Balaban J connectivity index is 1.39. The van der Waals surface area contributed by atoms with Gasteiger partial charge in [0.05, 0.1) is 34.1 Å². The van der Waals surface area contributed by atoms with Crippen LogP contribution in [0.3, 0.4) is 0 Å². The van der Waals surface area contributed by atoms with E-state index in [4.69, 9.17) is 33.0 Å². The minimum absolute atomic E-state index is 0.159. The Labute approximate surface area is 300 Å². The molecule has 0 saturated heterocycles. The molecule has 50 heavy (non-hydrogen) atoms. The third-order valence-electron chi connectivity index (χ3n) is 9.97. The number of nitrogens with zero attached hydrogens (tertiary/aromatic N) is 4. The number of carboxylic acid groups (broad SMARTS) is 1. The second-order valence-corrected chi connectivity index (χ2v) is 14.0. The second-order valence-electron chi connectivity index (χ2n) is 13.3. The van der Waals surface area contributed by atoms with Crippen LogP contribution in [0.15, 0.2) is 60.7 Å². The molecule has 0 fully saturated rings. The third-order valence-corrected chi connectivity index (χ3v) is 10.9. The Morgan fingerprint density at radius 3 is 2.36 bits per heavy atom. The first-order valence-electron chi connectivity index (χ1n) is 16.7. The zero-order valence-corrected chi connectivity index (χ0v) is 30.4. The lowest BCUT2D eigenvalue weighted by atomic mass is 9.98. The van der Waals surface area contributed by atoms with Crippen LogP contribution in [0.25, 0.3) is 32.8 Å². The number of amides is 1. The summed E-state index contributed by atoms with van der Waals surface area (Å²) in [4.78, 5) is 29.1. The van der Waals surface area contributed by atoms with Gasteiger partial charge in [0.15, 0.2) is 0 Å². The molecule has 0 saturated carbocycles. The highest BCUT2D eigenvalue weighted by molar-refractivity contribution is 6.35. The molecule has 0 aliphatic carbocycles. The number of ether oxygens (including phenoxy) is 1. The summed E-state index contributed by atoms with van der Waals surface area (Å²) >= 11 is 13.5. The number of aryl methyl sites for hydroxylation is 5. The van der Waals surface area contributed by atoms with E-state index in [0.717, 1.165) is 66.3 Å². The quantitative estimate of drug-likeness (QED) is 0.159. The molecule has 2 aromatic heterocycles. The van der Waals surface area contributed by atoms with Crippen molar-refractivity contribution >= 4 is 62.4 Å². The Kier molecular flexibility index (Phi) is 8.65. The minimum Gasteiger partial charge on any atom is -0.494 e. The molecule has 1 unspecified atom stereocenters. The highest BCUT2D eigenvalue weighted by atomic mass is 35.5. The molecule has 0 radical (unpaired) electrons. The molecule has 1 atom stereocenters. The predicted molar refractivity (Wildman–Crippen MR) is 201 cm³/mol. The number of fused-ring (bicyclic) bond motifs is 4. The van der Waals surface area contributed by atoms with Crippen molar-refractivity contribution in [1.82, 2.24) is 14.3 Å². The smallest absolute Gasteiger partial charge is 0.336 e. The summed E-state index contributed by atoms with van der Waals surface area (Å²) in [6.07, 6.45) is 1.22. The van der Waals surface area contributed by atoms with Gasteiger partial charge in [-0.15, -0.1) is 0 Å². The first-order chi connectivity index (χ1) is 23.9. The van der Waals surface area contributed by atoms with E-state index in [1.807, 2.05) is 88.0 Å². The summed E-state index contributed by atoms with van der Waals surface area (Å²) in [6.45, 7) is 10.8. The summed E-state index contributed by atoms with van der Waals surface area (Å²) in [7, 11) is 1.92. The highest BCUT2D eigenvalue weighted by Gasteiger charge is 2.37. The Morgan fingerprint density at radius 2 is 1.70 bits per heavy atom. The highest BCUT2D eigenvalue weighted by Crippen LogP contribution is 2.45. The van der Waals surface area contributed by atoms with Crippen LogP contribution in [-0.4, -0.2) is 44.5 Å². The van der Waals surface area contributed by atoms with Crippen molar-refractivity contribution < 1.29 is 19.4 Å². The fourth-order valence-electron chi connectivity index (χ4n) is 7.66. The molecule has 10 heteroatoms. The van der Waals surface area contributed by atoms with E-state index in [-0.39, 0.29) is 17.5 Å². The SMILES string of the molecule is Cc1cc(OCCCc2c3n(c4c(-c5c(C)nn(C)c5C)c(Cl)ccc24)C(C)CN(c2cccc4cccc(C(=O)O)c24)C3=O)cc(C)c1Cl. The van der Waals surface area contributed by atoms with Crippen molar-refractivity contribution in [2.24, 2.45) is 7.05 Å². The van der Waals surface area contributed by atoms with Crippen LogP contribution >= 0.6 is 23.2 Å². The number of rotatable bonds is 8. The molecule has 7 rings (SSSR count). The topological polar surface area (TPSA) is 89.6 Å². The van der Waals surface area contributed by atoms with Crippen LogP contribution in [0, 0.1) is 27.7 Å². The molecular formula is C40H38Cl2N4O4. The lowest BCUT2D eigenvalue weighted by Gasteiger charge is -2.35. The Bertz CT molecular complexity index is 2350. The lowest BCUT2D eigenvalue weighted by Crippen LogP contribution is -2.43. The van der Waals surface area contributed by atoms with E-state index < -0.39 is 5.97 Å². The van der Waals surface area contributed by atoms with E-state index in [0.29, 0.717) is 47.8 Å². The number of benzene rings is 4. The van der Waals surface area contributed by atoms with Gasteiger partial charge in [0.25, 0.3) is 5.91 Å². The summed E-state index contributed by atoms with van der Waals surface area (Å²) in [5, 5.41) is 18.4. The first-order valence-corrected chi connectivity index (χ1v) is 17.5. The first kappa shape index (κ1) is 33.7. The molecule has 8 nitrogen and oxygen atoms in total. The summed E-state index contributed by atoms with van der Waals surface area (Å²) in [5.74, 6) is -0.470. The molecule has 6 aromatic rings. The van der Waals surface area contributed by atoms with Crippen LogP contribution in [0.5, 0.6) is 5.75 Å². The van der Waals surface area contributed by atoms with Gasteiger partial charge in [-0.3, -0.25) is 9.48 Å². The molecule has 4 aromatic carbocycles. The van der Waals surface area contributed by atoms with Gasteiger partial charge < -0.3 is 19.3 Å². The van der Waals surface area contributed by atoms with Crippen molar-refractivity contribution in [1.29, 1.82) is 0 Å². The van der Waals surface area contributed by atoms with Gasteiger partial charge in [0.1, 0.15) is 11.4 Å². The molecular weight excluding hydrogens is 671 g/mol. The predicted octanol–water partition coefficient (Wildman–Crippen LogP) is 9.67. The Hall–Kier alpha value is -4.79. The number of anilines is 1. The van der Waals surface area contributed by atoms with Gasteiger partial charge in [0, 0.05) is 52.3 Å². The monoisotopic (exact) mass is 708 g/mol. The van der Waals surface area contributed by atoms with Gasteiger partial charge in [-0.25, -0.2) is 4.79 Å². The maximum Gasteiger partial charge on any atom is 0.336 e. The largest absolute Gasteiger partial charge is 0.494 e. The van der Waals surface area contributed by atoms with E-state index >= 15 is 0 Å². The van der Waals surface area contributed by atoms with Crippen molar-refractivity contribution in [2.75, 3.05) is 18.1 Å². The maximum atomic E-state index is 15.0. The molecule has 1 amide bonds. The number of carbonyl (C=O) groups excluding carboxylic acids is 1. The van der Waals surface area contributed by atoms with E-state index in [9.17, 15) is 14.7 Å². The van der Waals surface area contributed by atoms with Gasteiger partial charge in [0.2, 0.25) is 0 Å². The fourth-order valence-corrected chi connectivity index (χ4v) is 8.02. The standard InChI is InChI=1S/C40H38Cl2N4O4/c1-21-18-27(19-22(2)36(21)42)50-17-9-13-28-29-15-16-31(41)35(33-24(4)43-44(6)25(33)5)37(29)46-23(3)20-45(39(47)38(28)46)32-14-8-11-26-10-7-12-30(34(26)32)40(48)49/h7-8,10-12,14-16,18-19,23H,9,13,17,20H2,1-6H3,(H,48,49). The normalized spacial score (nSPS) is 14.5. The van der Waals surface area contributed by atoms with Crippen molar-refractivity contribution in [3.05, 3.63) is 110 Å². The van der Waals surface area contributed by atoms with Crippen molar-refractivity contribution in [3.8, 4) is 16.9 Å². The number of carboxylic acids is 1. The number of aromatic carboxylic acids is 1. The molecule has 256 valence electrons. The number of carbonyl (C=O) groups is 2. The zero-order valence-electron chi connectivity index (χ0n) is 28.9. The van der Waals surface area contributed by atoms with Gasteiger partial charge >= 0.3 is 5.97 Å². The Morgan fingerprint density at radius 1 is 1.00 bits per heavy atom. The number of hydrogen-bond acceptors (Lipinski definition) is 4. The summed E-state index contributed by atoms with van der Waals surface area (Å²) < 4.78 is 10.2. The van der Waals surface area contributed by atoms with Crippen molar-refractivity contribution in [2.45, 2.75) is 53.5 Å². The van der Waals surface area contributed by atoms with Crippen LogP contribution in [0.4, 0.5) is 5.69 Å². The number of aromatic nitrogens is 3. The van der Waals surface area contributed by atoms with Crippen LogP contribution < -0.4 is 9.64 Å². The van der Waals surface area contributed by atoms with Crippen molar-refractivity contribution in [3.63, 3.8) is 0 Å².